The number of ether oxygens (including phenoxy) is 1. The molecule has 7 heteroatoms. The van der Waals surface area contributed by atoms with Gasteiger partial charge in [0.05, 0.1) is 21.4 Å². The fourth-order valence-corrected chi connectivity index (χ4v) is 3.23. The van der Waals surface area contributed by atoms with Gasteiger partial charge < -0.3 is 9.64 Å². The highest BCUT2D eigenvalue weighted by atomic mass is 35.5. The average molecular weight is 398 g/mol. The average Bonchev–Trinajstić information content (AvgIpc) is 2.60. The number of esters is 1. The zero-order valence-corrected chi connectivity index (χ0v) is 16.1. The topological polar surface area (TPSA) is 46.6 Å². The molecule has 0 aromatic heterocycles. The number of thioether (sulfide) groups is 1. The maximum atomic E-state index is 12.4. The fourth-order valence-electron chi connectivity index (χ4n) is 1.89. The summed E-state index contributed by atoms with van der Waals surface area (Å²) in [5.41, 5.74) is 1.18. The van der Waals surface area contributed by atoms with E-state index in [4.69, 9.17) is 27.9 Å². The van der Waals surface area contributed by atoms with E-state index in [1.165, 1.54) is 16.7 Å². The number of halogens is 2. The van der Waals surface area contributed by atoms with Crippen molar-refractivity contribution in [3.63, 3.8) is 0 Å². The van der Waals surface area contributed by atoms with Crippen LogP contribution in [0.1, 0.15) is 15.9 Å². The van der Waals surface area contributed by atoms with Gasteiger partial charge >= 0.3 is 5.97 Å². The van der Waals surface area contributed by atoms with Crippen molar-refractivity contribution in [2.24, 2.45) is 0 Å². The van der Waals surface area contributed by atoms with E-state index in [9.17, 15) is 9.59 Å². The lowest BCUT2D eigenvalue weighted by molar-refractivity contribution is -0.125. The van der Waals surface area contributed by atoms with Crippen molar-refractivity contribution >= 4 is 46.8 Å². The minimum absolute atomic E-state index is 0.0241. The van der Waals surface area contributed by atoms with E-state index in [1.807, 2.05) is 6.07 Å². The highest BCUT2D eigenvalue weighted by molar-refractivity contribution is 8.00. The van der Waals surface area contributed by atoms with E-state index in [0.29, 0.717) is 20.5 Å². The predicted octanol–water partition coefficient (Wildman–Crippen LogP) is 4.53. The van der Waals surface area contributed by atoms with Gasteiger partial charge in [-0.05, 0) is 29.8 Å². The summed E-state index contributed by atoms with van der Waals surface area (Å²) >= 11 is 13.1. The molecule has 25 heavy (non-hydrogen) atoms. The Morgan fingerprint density at radius 1 is 1.08 bits per heavy atom. The third kappa shape index (κ3) is 5.66. The van der Waals surface area contributed by atoms with Crippen molar-refractivity contribution in [2.45, 2.75) is 11.5 Å². The van der Waals surface area contributed by atoms with Crippen LogP contribution in [0.15, 0.2) is 47.4 Å². The van der Waals surface area contributed by atoms with Gasteiger partial charge in [-0.15, -0.1) is 11.8 Å². The molecule has 0 fully saturated rings. The molecule has 0 aliphatic heterocycles. The monoisotopic (exact) mass is 397 g/mol. The number of rotatable bonds is 6. The fraction of sp³-hybridized carbons (Fsp3) is 0.222. The second-order valence-corrected chi connectivity index (χ2v) is 7.23. The molecule has 0 saturated carbocycles. The Hall–Kier alpha value is -1.69. The summed E-state index contributed by atoms with van der Waals surface area (Å²) in [6.07, 6.45) is 0. The first kappa shape index (κ1) is 19.6. The number of amides is 1. The van der Waals surface area contributed by atoms with E-state index in [0.717, 1.165) is 5.56 Å². The van der Waals surface area contributed by atoms with Gasteiger partial charge in [0.15, 0.2) is 0 Å². The van der Waals surface area contributed by atoms with Crippen molar-refractivity contribution in [2.75, 3.05) is 19.8 Å². The van der Waals surface area contributed by atoms with Gasteiger partial charge in [0.2, 0.25) is 5.91 Å². The van der Waals surface area contributed by atoms with Crippen LogP contribution in [-0.2, 0) is 16.1 Å². The molecule has 2 rings (SSSR count). The van der Waals surface area contributed by atoms with E-state index in [1.54, 1.807) is 50.5 Å². The summed E-state index contributed by atoms with van der Waals surface area (Å²) in [6.45, 7) is 0.0886. The number of hydrogen-bond acceptors (Lipinski definition) is 4. The van der Waals surface area contributed by atoms with Gasteiger partial charge in [0.25, 0.3) is 0 Å². The van der Waals surface area contributed by atoms with Crippen LogP contribution >= 0.6 is 35.0 Å². The lowest BCUT2D eigenvalue weighted by Crippen LogP contribution is -2.23. The Balaban J connectivity index is 2.03. The minimum atomic E-state index is -0.452. The second kappa shape index (κ2) is 9.13. The molecule has 0 aliphatic rings. The molecular formula is C18H17Cl2NO3S. The molecule has 0 aliphatic carbocycles. The molecule has 0 atom stereocenters. The van der Waals surface area contributed by atoms with E-state index < -0.39 is 5.97 Å². The van der Waals surface area contributed by atoms with E-state index in [2.05, 4.69) is 0 Å². The standard InChI is InChI=1S/C18H17Cl2NO3S/c1-21(2)17(22)11-25-16-6-4-3-5-13(16)18(23)24-10-12-7-8-14(19)15(20)9-12/h3-9H,10-11H2,1-2H3. The molecule has 2 aromatic rings. The van der Waals surface area contributed by atoms with Crippen LogP contribution in [0.2, 0.25) is 10.0 Å². The van der Waals surface area contributed by atoms with Crippen LogP contribution in [0.4, 0.5) is 0 Å². The highest BCUT2D eigenvalue weighted by Crippen LogP contribution is 2.25. The first-order chi connectivity index (χ1) is 11.9. The number of carbonyl (C=O) groups is 2. The lowest BCUT2D eigenvalue weighted by Gasteiger charge is -2.12. The predicted molar refractivity (Wildman–Crippen MR) is 101 cm³/mol. The third-order valence-electron chi connectivity index (χ3n) is 3.31. The quantitative estimate of drug-likeness (QED) is 0.530. The number of nitrogens with zero attached hydrogens (tertiary/aromatic N) is 1. The minimum Gasteiger partial charge on any atom is -0.457 e. The number of benzene rings is 2. The second-order valence-electron chi connectivity index (χ2n) is 5.40. The molecule has 2 aromatic carbocycles. The van der Waals surface area contributed by atoms with Crippen molar-refractivity contribution in [1.82, 2.24) is 4.90 Å². The Kier molecular flexibility index (Phi) is 7.17. The van der Waals surface area contributed by atoms with Crippen molar-refractivity contribution < 1.29 is 14.3 Å². The lowest BCUT2D eigenvalue weighted by atomic mass is 10.2. The van der Waals surface area contributed by atoms with Crippen molar-refractivity contribution in [3.8, 4) is 0 Å². The first-order valence-electron chi connectivity index (χ1n) is 7.41. The highest BCUT2D eigenvalue weighted by Gasteiger charge is 2.15. The summed E-state index contributed by atoms with van der Waals surface area (Å²) in [6, 6.07) is 12.1. The Morgan fingerprint density at radius 3 is 2.48 bits per heavy atom. The zero-order valence-electron chi connectivity index (χ0n) is 13.8. The summed E-state index contributed by atoms with van der Waals surface area (Å²) in [4.78, 5) is 26.3. The maximum absolute atomic E-state index is 12.4. The molecule has 1 amide bonds. The first-order valence-corrected chi connectivity index (χ1v) is 9.15. The Bertz CT molecular complexity index is 781. The van der Waals surface area contributed by atoms with Crippen LogP contribution in [0.25, 0.3) is 0 Å². The van der Waals surface area contributed by atoms with Gasteiger partial charge in [-0.3, -0.25) is 4.79 Å². The van der Waals surface area contributed by atoms with Gasteiger partial charge in [-0.25, -0.2) is 4.79 Å². The van der Waals surface area contributed by atoms with E-state index >= 15 is 0 Å². The number of carbonyl (C=O) groups excluding carboxylic acids is 2. The number of hydrogen-bond donors (Lipinski definition) is 0. The van der Waals surface area contributed by atoms with Crippen LogP contribution in [0, 0.1) is 0 Å². The van der Waals surface area contributed by atoms with Crippen LogP contribution in [0.3, 0.4) is 0 Å². The van der Waals surface area contributed by atoms with Crippen molar-refractivity contribution in [1.29, 1.82) is 0 Å². The van der Waals surface area contributed by atoms with Crippen molar-refractivity contribution in [3.05, 3.63) is 63.6 Å². The van der Waals surface area contributed by atoms with E-state index in [-0.39, 0.29) is 18.3 Å². The largest absolute Gasteiger partial charge is 0.457 e. The van der Waals surface area contributed by atoms with Gasteiger partial charge in [0.1, 0.15) is 6.61 Å². The maximum Gasteiger partial charge on any atom is 0.339 e. The molecule has 0 spiro atoms. The third-order valence-corrected chi connectivity index (χ3v) is 5.11. The van der Waals surface area contributed by atoms with Gasteiger partial charge in [0, 0.05) is 19.0 Å². The normalized spacial score (nSPS) is 10.4. The molecule has 0 radical (unpaired) electrons. The van der Waals surface area contributed by atoms with Gasteiger partial charge in [-0.2, -0.15) is 0 Å². The summed E-state index contributed by atoms with van der Waals surface area (Å²) in [5, 5.41) is 0.859. The molecule has 0 heterocycles. The molecule has 4 nitrogen and oxygen atoms in total. The molecule has 0 N–H and O–H groups in total. The summed E-state index contributed by atoms with van der Waals surface area (Å²) in [5.74, 6) is -0.222. The Labute approximate surface area is 161 Å². The molecule has 0 unspecified atom stereocenters. The molecule has 0 saturated heterocycles. The van der Waals surface area contributed by atoms with Gasteiger partial charge in [-0.1, -0.05) is 41.4 Å². The SMILES string of the molecule is CN(C)C(=O)CSc1ccccc1C(=O)OCc1ccc(Cl)c(Cl)c1. The molecular weight excluding hydrogens is 381 g/mol. The molecule has 132 valence electrons. The van der Waals surface area contributed by atoms with Crippen LogP contribution in [-0.4, -0.2) is 36.6 Å². The van der Waals surface area contributed by atoms with Crippen LogP contribution < -0.4 is 0 Å². The van der Waals surface area contributed by atoms with Crippen LogP contribution in [0.5, 0.6) is 0 Å². The summed E-state index contributed by atoms with van der Waals surface area (Å²) in [7, 11) is 3.39. The molecule has 0 bridgehead atoms. The summed E-state index contributed by atoms with van der Waals surface area (Å²) < 4.78 is 5.35. The smallest absolute Gasteiger partial charge is 0.339 e. The Morgan fingerprint density at radius 2 is 1.80 bits per heavy atom. The zero-order chi connectivity index (χ0) is 18.4.